The third kappa shape index (κ3) is 4.08. The van der Waals surface area contributed by atoms with Gasteiger partial charge in [0.2, 0.25) is 0 Å². The van der Waals surface area contributed by atoms with Crippen LogP contribution in [0.5, 0.6) is 0 Å². The summed E-state index contributed by atoms with van der Waals surface area (Å²) in [6, 6.07) is 11.0. The summed E-state index contributed by atoms with van der Waals surface area (Å²) in [5, 5.41) is 0. The minimum atomic E-state index is 0.665. The molecule has 0 bridgehead atoms. The molecule has 118 valence electrons. The van der Waals surface area contributed by atoms with Gasteiger partial charge in [0.1, 0.15) is 0 Å². The van der Waals surface area contributed by atoms with Crippen molar-refractivity contribution in [3.8, 4) is 0 Å². The molecule has 0 radical (unpaired) electrons. The normalized spacial score (nSPS) is 28.0. The number of hydrogen-bond donors (Lipinski definition) is 0. The molecular weight excluding hydrogens is 256 g/mol. The molecule has 3 atom stereocenters. The largest absolute Gasteiger partial charge is 0.298 e. The van der Waals surface area contributed by atoms with Crippen molar-refractivity contribution in [2.75, 3.05) is 19.6 Å². The first kappa shape index (κ1) is 16.5. The number of hydrogen-bond acceptors (Lipinski definition) is 2. The molecule has 1 fully saturated rings. The van der Waals surface area contributed by atoms with Crippen LogP contribution in [0.1, 0.15) is 45.2 Å². The predicted molar refractivity (Wildman–Crippen MR) is 91.8 cm³/mol. The molecule has 1 aromatic rings. The zero-order valence-corrected chi connectivity index (χ0v) is 14.5. The summed E-state index contributed by atoms with van der Waals surface area (Å²) in [5.41, 5.74) is 2.83. The second kappa shape index (κ2) is 7.42. The van der Waals surface area contributed by atoms with Crippen LogP contribution in [-0.4, -0.2) is 47.6 Å². The van der Waals surface area contributed by atoms with Gasteiger partial charge in [0, 0.05) is 24.7 Å². The lowest BCUT2D eigenvalue weighted by atomic mass is 9.99. The van der Waals surface area contributed by atoms with E-state index < -0.39 is 0 Å². The molecule has 0 aromatic heterocycles. The van der Waals surface area contributed by atoms with Gasteiger partial charge in [0.15, 0.2) is 0 Å². The van der Waals surface area contributed by atoms with Crippen LogP contribution in [0.4, 0.5) is 0 Å². The van der Waals surface area contributed by atoms with Crippen molar-refractivity contribution < 1.29 is 0 Å². The molecule has 2 heteroatoms. The Balaban J connectivity index is 1.84. The molecule has 1 aliphatic heterocycles. The van der Waals surface area contributed by atoms with Crippen LogP contribution >= 0.6 is 0 Å². The van der Waals surface area contributed by atoms with E-state index in [4.69, 9.17) is 0 Å². The maximum absolute atomic E-state index is 2.69. The van der Waals surface area contributed by atoms with Crippen molar-refractivity contribution >= 4 is 0 Å². The van der Waals surface area contributed by atoms with Crippen LogP contribution in [0.3, 0.4) is 0 Å². The fourth-order valence-electron chi connectivity index (χ4n) is 3.73. The van der Waals surface area contributed by atoms with Crippen molar-refractivity contribution in [1.82, 2.24) is 9.80 Å². The van der Waals surface area contributed by atoms with Crippen LogP contribution in [-0.2, 0) is 6.42 Å². The van der Waals surface area contributed by atoms with E-state index in [1.54, 1.807) is 0 Å². The van der Waals surface area contributed by atoms with E-state index in [0.29, 0.717) is 18.1 Å². The molecule has 1 saturated heterocycles. The van der Waals surface area contributed by atoms with E-state index in [1.165, 1.54) is 43.6 Å². The number of likely N-dealkylation sites (N-methyl/N-ethyl adjacent to an activating group) is 1. The lowest BCUT2D eigenvalue weighted by molar-refractivity contribution is 0.00123. The third-order valence-electron chi connectivity index (χ3n) is 5.26. The monoisotopic (exact) mass is 288 g/mol. The quantitative estimate of drug-likeness (QED) is 0.814. The van der Waals surface area contributed by atoms with E-state index in [-0.39, 0.29) is 0 Å². The third-order valence-corrected chi connectivity index (χ3v) is 5.26. The molecule has 1 aliphatic rings. The summed E-state index contributed by atoms with van der Waals surface area (Å²) >= 11 is 0. The summed E-state index contributed by atoms with van der Waals surface area (Å²) in [4.78, 5) is 5.33. The summed E-state index contributed by atoms with van der Waals surface area (Å²) in [7, 11) is 0. The minimum absolute atomic E-state index is 0.665. The zero-order valence-electron chi connectivity index (χ0n) is 14.5. The Hall–Kier alpha value is -0.860. The van der Waals surface area contributed by atoms with Crippen molar-refractivity contribution in [2.45, 2.75) is 65.6 Å². The molecule has 1 heterocycles. The van der Waals surface area contributed by atoms with E-state index >= 15 is 0 Å². The molecule has 3 unspecified atom stereocenters. The van der Waals surface area contributed by atoms with E-state index in [1.807, 2.05) is 0 Å². The predicted octanol–water partition coefficient (Wildman–Crippen LogP) is 3.73. The minimum Gasteiger partial charge on any atom is -0.298 e. The van der Waals surface area contributed by atoms with Crippen molar-refractivity contribution in [2.24, 2.45) is 0 Å². The number of piperazine rings is 1. The second-order valence-electron chi connectivity index (χ2n) is 6.74. The summed E-state index contributed by atoms with van der Waals surface area (Å²) in [6.07, 6.45) is 2.46. The lowest BCUT2D eigenvalue weighted by Crippen LogP contribution is -2.61. The topological polar surface area (TPSA) is 6.48 Å². The summed E-state index contributed by atoms with van der Waals surface area (Å²) in [6.45, 7) is 15.2. The van der Waals surface area contributed by atoms with E-state index in [0.717, 1.165) is 0 Å². The Morgan fingerprint density at radius 1 is 1.05 bits per heavy atom. The fourth-order valence-corrected chi connectivity index (χ4v) is 3.73. The van der Waals surface area contributed by atoms with Crippen LogP contribution < -0.4 is 0 Å². The molecule has 2 rings (SSSR count). The highest BCUT2D eigenvalue weighted by Gasteiger charge is 2.33. The van der Waals surface area contributed by atoms with E-state index in [2.05, 4.69) is 68.7 Å². The van der Waals surface area contributed by atoms with Gasteiger partial charge in [-0.3, -0.25) is 9.80 Å². The van der Waals surface area contributed by atoms with Crippen molar-refractivity contribution in [3.63, 3.8) is 0 Å². The van der Waals surface area contributed by atoms with Gasteiger partial charge < -0.3 is 0 Å². The molecule has 0 spiro atoms. The van der Waals surface area contributed by atoms with Crippen LogP contribution in [0.2, 0.25) is 0 Å². The van der Waals surface area contributed by atoms with Gasteiger partial charge in [-0.05, 0) is 59.2 Å². The summed E-state index contributed by atoms with van der Waals surface area (Å²) < 4.78 is 0. The molecule has 0 amide bonds. The number of aryl methyl sites for hydroxylation is 2. The Morgan fingerprint density at radius 2 is 1.71 bits per heavy atom. The number of rotatable bonds is 5. The smallest absolute Gasteiger partial charge is 0.0223 e. The molecule has 21 heavy (non-hydrogen) atoms. The van der Waals surface area contributed by atoms with Crippen LogP contribution in [0.25, 0.3) is 0 Å². The Kier molecular flexibility index (Phi) is 5.83. The highest BCUT2D eigenvalue weighted by atomic mass is 15.3. The zero-order chi connectivity index (χ0) is 15.4. The van der Waals surface area contributed by atoms with Crippen molar-refractivity contribution in [3.05, 3.63) is 35.4 Å². The molecular formula is C19H32N2. The summed E-state index contributed by atoms with van der Waals surface area (Å²) in [5.74, 6) is 0. The van der Waals surface area contributed by atoms with Gasteiger partial charge in [0.05, 0.1) is 0 Å². The Labute approximate surface area is 131 Å². The van der Waals surface area contributed by atoms with Gasteiger partial charge >= 0.3 is 0 Å². The lowest BCUT2D eigenvalue weighted by Gasteiger charge is -2.48. The molecule has 0 saturated carbocycles. The molecule has 0 N–H and O–H groups in total. The average Bonchev–Trinajstić information content (AvgIpc) is 2.47. The van der Waals surface area contributed by atoms with Gasteiger partial charge in [-0.2, -0.15) is 0 Å². The highest BCUT2D eigenvalue weighted by Crippen LogP contribution is 2.21. The highest BCUT2D eigenvalue weighted by molar-refractivity contribution is 5.21. The van der Waals surface area contributed by atoms with E-state index in [9.17, 15) is 0 Å². The van der Waals surface area contributed by atoms with Gasteiger partial charge in [0.25, 0.3) is 0 Å². The first-order chi connectivity index (χ1) is 10.0. The number of benzene rings is 1. The maximum atomic E-state index is 2.69. The SMILES string of the molecule is CCN1C(C)CN(CCCc2ccc(C)cc2)C(C)C1C. The number of nitrogens with zero attached hydrogens (tertiary/aromatic N) is 2. The molecule has 0 aliphatic carbocycles. The second-order valence-corrected chi connectivity index (χ2v) is 6.74. The Bertz CT molecular complexity index is 426. The van der Waals surface area contributed by atoms with Crippen LogP contribution in [0, 0.1) is 6.92 Å². The maximum Gasteiger partial charge on any atom is 0.0223 e. The fraction of sp³-hybridized carbons (Fsp3) is 0.684. The van der Waals surface area contributed by atoms with Gasteiger partial charge in [-0.25, -0.2) is 0 Å². The van der Waals surface area contributed by atoms with Gasteiger partial charge in [-0.1, -0.05) is 36.8 Å². The first-order valence-electron chi connectivity index (χ1n) is 8.58. The average molecular weight is 288 g/mol. The Morgan fingerprint density at radius 3 is 2.33 bits per heavy atom. The van der Waals surface area contributed by atoms with Gasteiger partial charge in [-0.15, -0.1) is 0 Å². The molecule has 1 aromatic carbocycles. The first-order valence-corrected chi connectivity index (χ1v) is 8.58. The van der Waals surface area contributed by atoms with Crippen LogP contribution in [0.15, 0.2) is 24.3 Å². The standard InChI is InChI=1S/C19H32N2/c1-6-21-16(3)14-20(17(4)18(21)5)13-7-8-19-11-9-15(2)10-12-19/h9-12,16-18H,6-8,13-14H2,1-5H3. The van der Waals surface area contributed by atoms with Crippen molar-refractivity contribution in [1.29, 1.82) is 0 Å². The molecule has 2 nitrogen and oxygen atoms in total.